The maximum Gasteiger partial charge on any atom is 0.243 e. The molecule has 0 aromatic heterocycles. The van der Waals surface area contributed by atoms with E-state index in [4.69, 9.17) is 9.84 Å². The van der Waals surface area contributed by atoms with Gasteiger partial charge in [0.15, 0.2) is 0 Å². The van der Waals surface area contributed by atoms with Gasteiger partial charge in [-0.3, -0.25) is 0 Å². The first kappa shape index (κ1) is 16.2. The summed E-state index contributed by atoms with van der Waals surface area (Å²) in [5.41, 5.74) is 0.457. The topological polar surface area (TPSA) is 66.8 Å². The first-order valence-electron chi connectivity index (χ1n) is 6.45. The zero-order valence-corrected chi connectivity index (χ0v) is 13.3. The molecule has 0 saturated carbocycles. The molecule has 0 bridgehead atoms. The van der Waals surface area contributed by atoms with E-state index in [2.05, 4.69) is 11.8 Å². The normalized spacial score (nSPS) is 16.1. The SMILES string of the molecule is COc1ccc(S(=O)(=O)N2CCSCC2)cc1C#CCO. The van der Waals surface area contributed by atoms with Gasteiger partial charge in [-0.05, 0) is 18.2 Å². The Labute approximate surface area is 129 Å². The van der Waals surface area contributed by atoms with Crippen molar-refractivity contribution in [3.63, 3.8) is 0 Å². The minimum absolute atomic E-state index is 0.206. The van der Waals surface area contributed by atoms with Crippen LogP contribution < -0.4 is 4.74 Å². The van der Waals surface area contributed by atoms with Crippen LogP contribution in [0.3, 0.4) is 0 Å². The number of aliphatic hydroxyl groups is 1. The molecule has 1 aliphatic rings. The van der Waals surface area contributed by atoms with Gasteiger partial charge in [-0.1, -0.05) is 11.8 Å². The predicted molar refractivity (Wildman–Crippen MR) is 83.0 cm³/mol. The Hall–Kier alpha value is -1.20. The van der Waals surface area contributed by atoms with Crippen molar-refractivity contribution in [2.45, 2.75) is 4.90 Å². The van der Waals surface area contributed by atoms with E-state index in [1.165, 1.54) is 23.5 Å². The molecule has 1 heterocycles. The highest BCUT2D eigenvalue weighted by molar-refractivity contribution is 7.99. The van der Waals surface area contributed by atoms with Crippen LogP contribution in [-0.2, 0) is 10.0 Å². The van der Waals surface area contributed by atoms with Gasteiger partial charge in [0, 0.05) is 24.6 Å². The summed E-state index contributed by atoms with van der Waals surface area (Å²) in [4.78, 5) is 0.206. The van der Waals surface area contributed by atoms with E-state index in [1.807, 2.05) is 0 Å². The van der Waals surface area contributed by atoms with Crippen LogP contribution in [0, 0.1) is 11.8 Å². The summed E-state index contributed by atoms with van der Waals surface area (Å²) < 4.78 is 31.8. The van der Waals surface area contributed by atoms with Gasteiger partial charge in [0.1, 0.15) is 12.4 Å². The molecular formula is C14H17NO4S2. The van der Waals surface area contributed by atoms with Crippen molar-refractivity contribution in [2.24, 2.45) is 0 Å². The summed E-state index contributed by atoms with van der Waals surface area (Å²) in [6.45, 7) is 0.761. The molecule has 114 valence electrons. The van der Waals surface area contributed by atoms with Crippen molar-refractivity contribution in [1.29, 1.82) is 0 Å². The number of thioether (sulfide) groups is 1. The first-order valence-corrected chi connectivity index (χ1v) is 9.04. The Morgan fingerprint density at radius 3 is 2.71 bits per heavy atom. The average molecular weight is 327 g/mol. The number of hydrogen-bond donors (Lipinski definition) is 1. The van der Waals surface area contributed by atoms with E-state index >= 15 is 0 Å². The summed E-state index contributed by atoms with van der Waals surface area (Å²) in [5.74, 6) is 7.34. The smallest absolute Gasteiger partial charge is 0.243 e. The van der Waals surface area contributed by atoms with E-state index in [0.717, 1.165) is 11.5 Å². The third kappa shape index (κ3) is 3.71. The Morgan fingerprint density at radius 2 is 2.10 bits per heavy atom. The van der Waals surface area contributed by atoms with E-state index < -0.39 is 10.0 Å². The molecule has 1 fully saturated rings. The molecule has 1 aliphatic heterocycles. The third-order valence-corrected chi connectivity index (χ3v) is 5.92. The number of hydrogen-bond acceptors (Lipinski definition) is 5. The number of aliphatic hydroxyl groups excluding tert-OH is 1. The quantitative estimate of drug-likeness (QED) is 0.831. The molecule has 1 saturated heterocycles. The number of nitrogens with zero attached hydrogens (tertiary/aromatic N) is 1. The highest BCUT2D eigenvalue weighted by Gasteiger charge is 2.26. The number of sulfonamides is 1. The second-order valence-corrected chi connectivity index (χ2v) is 7.50. The minimum atomic E-state index is -3.50. The lowest BCUT2D eigenvalue weighted by Gasteiger charge is -2.25. The molecule has 2 rings (SSSR count). The Kier molecular flexibility index (Phi) is 5.53. The molecule has 0 atom stereocenters. The van der Waals surface area contributed by atoms with Gasteiger partial charge in [0.25, 0.3) is 0 Å². The molecule has 0 spiro atoms. The molecule has 1 aromatic carbocycles. The zero-order valence-electron chi connectivity index (χ0n) is 11.7. The van der Waals surface area contributed by atoms with Crippen LogP contribution in [0.4, 0.5) is 0 Å². The van der Waals surface area contributed by atoms with E-state index in [0.29, 0.717) is 24.4 Å². The molecule has 1 N–H and O–H groups in total. The monoisotopic (exact) mass is 327 g/mol. The largest absolute Gasteiger partial charge is 0.495 e. The van der Waals surface area contributed by atoms with Crippen LogP contribution in [0.1, 0.15) is 5.56 Å². The second-order valence-electron chi connectivity index (χ2n) is 4.34. The van der Waals surface area contributed by atoms with Crippen molar-refractivity contribution in [3.8, 4) is 17.6 Å². The first-order chi connectivity index (χ1) is 10.1. The van der Waals surface area contributed by atoms with Crippen molar-refractivity contribution in [3.05, 3.63) is 23.8 Å². The maximum atomic E-state index is 12.6. The lowest BCUT2D eigenvalue weighted by Crippen LogP contribution is -2.37. The van der Waals surface area contributed by atoms with Gasteiger partial charge >= 0.3 is 0 Å². The second kappa shape index (κ2) is 7.18. The molecule has 0 aliphatic carbocycles. The van der Waals surface area contributed by atoms with Gasteiger partial charge in [0.2, 0.25) is 10.0 Å². The summed E-state index contributed by atoms with van der Waals surface area (Å²) in [6.07, 6.45) is 0. The number of ether oxygens (including phenoxy) is 1. The standard InChI is InChI=1S/C14H17NO4S2/c1-19-14-5-4-13(11-12(14)3-2-8-16)21(17,18)15-6-9-20-10-7-15/h4-5,11,16H,6-10H2,1H3. The van der Waals surface area contributed by atoms with E-state index in [1.54, 1.807) is 17.8 Å². The van der Waals surface area contributed by atoms with Crippen molar-refractivity contribution < 1.29 is 18.3 Å². The van der Waals surface area contributed by atoms with Crippen LogP contribution in [0.25, 0.3) is 0 Å². The lowest BCUT2D eigenvalue weighted by molar-refractivity contribution is 0.350. The fourth-order valence-corrected chi connectivity index (χ4v) is 4.62. The molecule has 0 unspecified atom stereocenters. The van der Waals surface area contributed by atoms with Crippen LogP contribution in [0.2, 0.25) is 0 Å². The number of methoxy groups -OCH3 is 1. The van der Waals surface area contributed by atoms with Crippen LogP contribution in [0.15, 0.2) is 23.1 Å². The molecular weight excluding hydrogens is 310 g/mol. The average Bonchev–Trinajstić information content (AvgIpc) is 2.53. The summed E-state index contributed by atoms with van der Waals surface area (Å²) >= 11 is 1.75. The summed E-state index contributed by atoms with van der Waals surface area (Å²) in [6, 6.07) is 4.62. The Balaban J connectivity index is 2.39. The highest BCUT2D eigenvalue weighted by Crippen LogP contribution is 2.25. The van der Waals surface area contributed by atoms with Gasteiger partial charge in [-0.25, -0.2) is 8.42 Å². The van der Waals surface area contributed by atoms with E-state index in [9.17, 15) is 8.42 Å². The predicted octanol–water partition coefficient (Wildman–Crippen LogP) is 0.776. The van der Waals surface area contributed by atoms with Gasteiger partial charge < -0.3 is 9.84 Å². The van der Waals surface area contributed by atoms with Crippen molar-refractivity contribution in [2.75, 3.05) is 38.3 Å². The highest BCUT2D eigenvalue weighted by atomic mass is 32.2. The lowest BCUT2D eigenvalue weighted by atomic mass is 10.2. The third-order valence-electron chi connectivity index (χ3n) is 3.08. The van der Waals surface area contributed by atoms with Gasteiger partial charge in [-0.2, -0.15) is 16.1 Å². The molecule has 5 nitrogen and oxygen atoms in total. The molecule has 1 aromatic rings. The van der Waals surface area contributed by atoms with E-state index in [-0.39, 0.29) is 11.5 Å². The molecule has 21 heavy (non-hydrogen) atoms. The Morgan fingerprint density at radius 1 is 1.38 bits per heavy atom. The molecule has 7 heteroatoms. The van der Waals surface area contributed by atoms with Crippen molar-refractivity contribution >= 4 is 21.8 Å². The Bertz CT molecular complexity index is 655. The van der Waals surface area contributed by atoms with Crippen LogP contribution in [0.5, 0.6) is 5.75 Å². The van der Waals surface area contributed by atoms with Crippen LogP contribution in [-0.4, -0.2) is 56.1 Å². The fraction of sp³-hybridized carbons (Fsp3) is 0.429. The fourth-order valence-electron chi connectivity index (χ4n) is 2.02. The van der Waals surface area contributed by atoms with Crippen molar-refractivity contribution in [1.82, 2.24) is 4.31 Å². The molecule has 0 radical (unpaired) electrons. The summed E-state index contributed by atoms with van der Waals surface area (Å²) in [7, 11) is -2.00. The van der Waals surface area contributed by atoms with Crippen LogP contribution >= 0.6 is 11.8 Å². The summed E-state index contributed by atoms with van der Waals surface area (Å²) in [5, 5.41) is 8.78. The minimum Gasteiger partial charge on any atom is -0.495 e. The van der Waals surface area contributed by atoms with Gasteiger partial charge in [-0.15, -0.1) is 0 Å². The zero-order chi connectivity index (χ0) is 15.3. The number of benzene rings is 1. The molecule has 0 amide bonds. The number of rotatable bonds is 3. The maximum absolute atomic E-state index is 12.6. The van der Waals surface area contributed by atoms with Gasteiger partial charge in [0.05, 0.1) is 17.6 Å².